The quantitative estimate of drug-likeness (QED) is 0.348. The molecule has 0 unspecified atom stereocenters. The van der Waals surface area contributed by atoms with Crippen LogP contribution in [0.2, 0.25) is 0 Å². The maximum absolute atomic E-state index is 10.7. The molecule has 0 fully saturated rings. The largest absolute Gasteiger partial charge is 0.459 e. The molecule has 0 spiro atoms. The topological polar surface area (TPSA) is 30.7 Å². The van der Waals surface area contributed by atoms with Gasteiger partial charge in [0.15, 0.2) is 6.20 Å². The summed E-state index contributed by atoms with van der Waals surface area (Å²) < 4.78 is 4.64. The van der Waals surface area contributed by atoms with Gasteiger partial charge in [0.25, 0.3) is 0 Å². The fourth-order valence-corrected chi connectivity index (χ4v) is 0.343. The number of nitrogens with zero attached hydrogens (tertiary/aromatic N) is 1. The van der Waals surface area contributed by atoms with Crippen LogP contribution in [0.4, 0.5) is 0 Å². The van der Waals surface area contributed by atoms with Gasteiger partial charge in [0.05, 0.1) is 6.57 Å². The molecule has 3 heteroatoms. The van der Waals surface area contributed by atoms with Gasteiger partial charge >= 0.3 is 5.97 Å². The van der Waals surface area contributed by atoms with Crippen molar-refractivity contribution in [3.8, 4) is 0 Å². The molecule has 0 saturated heterocycles. The van der Waals surface area contributed by atoms with E-state index in [9.17, 15) is 4.79 Å². The lowest BCUT2D eigenvalue weighted by atomic mass is 10.4. The highest BCUT2D eigenvalue weighted by Gasteiger charge is 1.99. The molecule has 0 N–H and O–H groups in total. The van der Waals surface area contributed by atoms with Crippen molar-refractivity contribution in [1.29, 1.82) is 0 Å². The number of carbonyl (C=O) groups is 1. The predicted molar refractivity (Wildman–Crippen MR) is 41.5 cm³/mol. The smallest absolute Gasteiger partial charge is 0.333 e. The molecule has 0 aliphatic rings. The predicted octanol–water partition coefficient (Wildman–Crippen LogP) is 1.54. The summed E-state index contributed by atoms with van der Waals surface area (Å²) >= 11 is 0. The summed E-state index contributed by atoms with van der Waals surface area (Å²) in [7, 11) is 0. The Kier molecular flexibility index (Phi) is 4.50. The molecule has 11 heavy (non-hydrogen) atoms. The summed E-state index contributed by atoms with van der Waals surface area (Å²) in [6.07, 6.45) is 2.71. The molecule has 0 heterocycles. The van der Waals surface area contributed by atoms with Gasteiger partial charge in [-0.15, -0.1) is 0 Å². The summed E-state index contributed by atoms with van der Waals surface area (Å²) in [5.41, 5.74) is 0.362. The van der Waals surface area contributed by atoms with Gasteiger partial charge in [0.2, 0.25) is 0 Å². The van der Waals surface area contributed by atoms with Crippen molar-refractivity contribution in [3.63, 3.8) is 0 Å². The number of hydrogen-bond acceptors (Lipinski definition) is 2. The Morgan fingerprint density at radius 1 is 1.82 bits per heavy atom. The van der Waals surface area contributed by atoms with E-state index < -0.39 is 5.97 Å². The first-order valence-corrected chi connectivity index (χ1v) is 3.02. The Morgan fingerprint density at radius 3 is 2.91 bits per heavy atom. The molecule has 0 aromatic heterocycles. The third kappa shape index (κ3) is 4.91. The maximum Gasteiger partial charge on any atom is 0.333 e. The fourth-order valence-electron chi connectivity index (χ4n) is 0.343. The average Bonchev–Trinajstić information content (AvgIpc) is 1.97. The zero-order valence-electron chi connectivity index (χ0n) is 6.33. The van der Waals surface area contributed by atoms with Crippen LogP contribution in [-0.4, -0.2) is 12.6 Å². The van der Waals surface area contributed by atoms with Gasteiger partial charge in [-0.25, -0.2) is 9.64 Å². The Labute approximate surface area is 65.8 Å². The molecule has 3 nitrogen and oxygen atoms in total. The van der Waals surface area contributed by atoms with Crippen LogP contribution in [0.1, 0.15) is 6.92 Å². The zero-order valence-corrected chi connectivity index (χ0v) is 6.33. The molecule has 0 amide bonds. The molecule has 0 aliphatic carbocycles. The van der Waals surface area contributed by atoms with Crippen molar-refractivity contribution in [2.75, 3.05) is 6.61 Å². The average molecular weight is 151 g/mol. The number of rotatable bonds is 3. The molecule has 0 rings (SSSR count). The second-order valence-corrected chi connectivity index (χ2v) is 1.89. The Morgan fingerprint density at radius 2 is 2.45 bits per heavy atom. The highest BCUT2D eigenvalue weighted by molar-refractivity contribution is 5.86. The third-order valence-electron chi connectivity index (χ3n) is 0.839. The molecule has 0 radical (unpaired) electrons. The molecule has 0 saturated carbocycles. The number of ether oxygens (including phenoxy) is 1. The van der Waals surface area contributed by atoms with Crippen LogP contribution in [0.25, 0.3) is 4.85 Å². The van der Waals surface area contributed by atoms with E-state index in [4.69, 9.17) is 6.57 Å². The van der Waals surface area contributed by atoms with Gasteiger partial charge in [-0.05, 0) is 13.0 Å². The van der Waals surface area contributed by atoms with Crippen LogP contribution in [0.3, 0.4) is 0 Å². The Hall–Kier alpha value is -1.56. The van der Waals surface area contributed by atoms with Gasteiger partial charge in [-0.3, -0.25) is 0 Å². The van der Waals surface area contributed by atoms with E-state index in [2.05, 4.69) is 16.2 Å². The van der Waals surface area contributed by atoms with Crippen molar-refractivity contribution >= 4 is 5.97 Å². The van der Waals surface area contributed by atoms with Crippen LogP contribution < -0.4 is 0 Å². The molecule has 0 aromatic carbocycles. The number of hydrogen-bond donors (Lipinski definition) is 0. The lowest BCUT2D eigenvalue weighted by Crippen LogP contribution is -2.04. The van der Waals surface area contributed by atoms with Crippen LogP contribution >= 0.6 is 0 Å². The molecule has 0 bridgehead atoms. The first-order chi connectivity index (χ1) is 5.18. The molecule has 0 atom stereocenters. The fraction of sp³-hybridized carbons (Fsp3) is 0.250. The molecule has 0 aromatic rings. The lowest BCUT2D eigenvalue weighted by molar-refractivity contribution is -0.137. The summed E-state index contributed by atoms with van der Waals surface area (Å²) in [4.78, 5) is 13.6. The van der Waals surface area contributed by atoms with Gasteiger partial charge in [-0.1, -0.05) is 6.58 Å². The monoisotopic (exact) mass is 151 g/mol. The maximum atomic E-state index is 10.7. The van der Waals surface area contributed by atoms with Crippen molar-refractivity contribution in [3.05, 3.63) is 35.8 Å². The lowest BCUT2D eigenvalue weighted by Gasteiger charge is -1.98. The minimum atomic E-state index is -0.431. The molecule has 58 valence electrons. The number of carbonyl (C=O) groups excluding carboxylic acids is 1. The van der Waals surface area contributed by atoms with Crippen molar-refractivity contribution in [2.24, 2.45) is 0 Å². The van der Waals surface area contributed by atoms with E-state index in [1.807, 2.05) is 0 Å². The summed E-state index contributed by atoms with van der Waals surface area (Å²) in [6, 6.07) is 0. The van der Waals surface area contributed by atoms with Crippen molar-refractivity contribution < 1.29 is 9.53 Å². The Bertz CT molecular complexity index is 223. The van der Waals surface area contributed by atoms with E-state index in [1.54, 1.807) is 6.92 Å². The third-order valence-corrected chi connectivity index (χ3v) is 0.839. The van der Waals surface area contributed by atoms with E-state index in [0.717, 1.165) is 0 Å². The molecular weight excluding hydrogens is 142 g/mol. The van der Waals surface area contributed by atoms with E-state index in [0.29, 0.717) is 5.57 Å². The highest BCUT2D eigenvalue weighted by atomic mass is 16.5. The van der Waals surface area contributed by atoms with E-state index in [-0.39, 0.29) is 6.61 Å². The normalized spacial score (nSPS) is 9.09. The second kappa shape index (κ2) is 5.24. The van der Waals surface area contributed by atoms with E-state index >= 15 is 0 Å². The first-order valence-electron chi connectivity index (χ1n) is 3.02. The van der Waals surface area contributed by atoms with Crippen LogP contribution in [0, 0.1) is 6.57 Å². The van der Waals surface area contributed by atoms with Gasteiger partial charge < -0.3 is 4.74 Å². The first kappa shape index (κ1) is 9.44. The summed E-state index contributed by atoms with van der Waals surface area (Å²) in [5, 5.41) is 0. The van der Waals surface area contributed by atoms with E-state index in [1.165, 1.54) is 12.3 Å². The molecular formula is C8H9NO2. The van der Waals surface area contributed by atoms with Crippen LogP contribution in [0.5, 0.6) is 0 Å². The zero-order chi connectivity index (χ0) is 8.69. The summed E-state index contributed by atoms with van der Waals surface area (Å²) in [5.74, 6) is -0.431. The minimum absolute atomic E-state index is 0.133. The SMILES string of the molecule is [C-]#[N+]C=CCOC(=O)C(=C)C. The van der Waals surface area contributed by atoms with Crippen molar-refractivity contribution in [2.45, 2.75) is 6.92 Å². The van der Waals surface area contributed by atoms with Crippen molar-refractivity contribution in [1.82, 2.24) is 0 Å². The van der Waals surface area contributed by atoms with Gasteiger partial charge in [0.1, 0.15) is 6.61 Å². The second-order valence-electron chi connectivity index (χ2n) is 1.89. The number of esters is 1. The van der Waals surface area contributed by atoms with Gasteiger partial charge in [-0.2, -0.15) is 0 Å². The van der Waals surface area contributed by atoms with Crippen LogP contribution in [0.15, 0.2) is 24.4 Å². The highest BCUT2D eigenvalue weighted by Crippen LogP contribution is 1.91. The Balaban J connectivity index is 3.57. The van der Waals surface area contributed by atoms with Crippen LogP contribution in [-0.2, 0) is 9.53 Å². The minimum Gasteiger partial charge on any atom is -0.459 e. The summed E-state index contributed by atoms with van der Waals surface area (Å²) in [6.45, 7) is 11.5. The standard InChI is InChI=1S/C8H9NO2/c1-7(2)8(10)11-6-4-5-9-3/h4-5H,1,6H2,2H3. The van der Waals surface area contributed by atoms with Gasteiger partial charge in [0, 0.05) is 5.57 Å². The molecule has 0 aliphatic heterocycles.